The van der Waals surface area contributed by atoms with Gasteiger partial charge in [0.1, 0.15) is 0 Å². The molecule has 2 aliphatic heterocycles. The molecule has 6 rings (SSSR count). The van der Waals surface area contributed by atoms with E-state index in [4.69, 9.17) is 0 Å². The monoisotopic (exact) mass is 521 g/mol. The van der Waals surface area contributed by atoms with Crippen LogP contribution in [0.5, 0.6) is 0 Å². The molecule has 2 amide bonds. The molecular formula is C26H23N3O2SSe. The van der Waals surface area contributed by atoms with E-state index in [1.807, 2.05) is 0 Å². The maximum atomic E-state index is 13.0. The summed E-state index contributed by atoms with van der Waals surface area (Å²) in [6.07, 6.45) is 0.409. The van der Waals surface area contributed by atoms with Crippen molar-refractivity contribution < 1.29 is 9.59 Å². The van der Waals surface area contributed by atoms with Crippen molar-refractivity contribution >= 4 is 65.2 Å². The topological polar surface area (TPSA) is 45.6 Å². The third-order valence-corrected chi connectivity index (χ3v) is 9.54. The summed E-state index contributed by atoms with van der Waals surface area (Å²) in [5, 5.41) is 3.70. The first-order chi connectivity index (χ1) is 15.7. The van der Waals surface area contributed by atoms with Crippen LogP contribution in [-0.2, 0) is 21.4 Å². The van der Waals surface area contributed by atoms with Gasteiger partial charge in [0.2, 0.25) is 0 Å². The van der Waals surface area contributed by atoms with E-state index in [0.29, 0.717) is 11.1 Å². The molecule has 33 heavy (non-hydrogen) atoms. The SMILES string of the molecule is CN1C(=O)C(Cc2cc3c(s2)-n2c4ccccc4c4cccc(c42)C3(C)C)C(=O)N(C)C1=[Se]. The minimum absolute atomic E-state index is 0.158. The number of fused-ring (bicyclic) bond motifs is 5. The Labute approximate surface area is 203 Å². The molecule has 2 aromatic carbocycles. The Morgan fingerprint density at radius 2 is 1.61 bits per heavy atom. The van der Waals surface area contributed by atoms with Crippen LogP contribution < -0.4 is 0 Å². The molecule has 0 bridgehead atoms. The second-order valence-electron chi connectivity index (χ2n) is 9.44. The van der Waals surface area contributed by atoms with Gasteiger partial charge in [-0.1, -0.05) is 6.07 Å². The summed E-state index contributed by atoms with van der Waals surface area (Å²) < 4.78 is 2.93. The Morgan fingerprint density at radius 3 is 2.33 bits per heavy atom. The van der Waals surface area contributed by atoms with E-state index in [1.54, 1.807) is 35.2 Å². The van der Waals surface area contributed by atoms with E-state index in [2.05, 4.69) is 82.5 Å². The Morgan fingerprint density at radius 1 is 0.939 bits per heavy atom. The number of hydrogen-bond acceptors (Lipinski definition) is 3. The van der Waals surface area contributed by atoms with Gasteiger partial charge in [-0.25, -0.2) is 0 Å². The van der Waals surface area contributed by atoms with Crippen LogP contribution in [0.2, 0.25) is 0 Å². The van der Waals surface area contributed by atoms with Gasteiger partial charge in [0.15, 0.2) is 0 Å². The number of rotatable bonds is 2. The number of aromatic nitrogens is 1. The van der Waals surface area contributed by atoms with Gasteiger partial charge in [0.25, 0.3) is 0 Å². The van der Waals surface area contributed by atoms with Gasteiger partial charge in [-0.3, -0.25) is 0 Å². The molecule has 7 heteroatoms. The summed E-state index contributed by atoms with van der Waals surface area (Å²) in [4.78, 5) is 30.1. The Bertz CT molecular complexity index is 1510. The van der Waals surface area contributed by atoms with Gasteiger partial charge in [-0.15, -0.1) is 0 Å². The minimum atomic E-state index is -0.705. The van der Waals surface area contributed by atoms with Crippen molar-refractivity contribution in [3.8, 4) is 5.00 Å². The predicted molar refractivity (Wildman–Crippen MR) is 134 cm³/mol. The van der Waals surface area contributed by atoms with Crippen LogP contribution in [0, 0.1) is 5.92 Å². The summed E-state index contributed by atoms with van der Waals surface area (Å²) in [6.45, 7) is 4.54. The zero-order valence-electron chi connectivity index (χ0n) is 18.9. The number of thiophene rings is 1. The van der Waals surface area contributed by atoms with E-state index in [0.717, 1.165) is 4.88 Å². The standard InChI is InChI=1S/C26H23N3O2SSe/c1-26(2)18-10-7-9-16-15-8-5-6-11-20(15)29(21(16)18)24-19(26)13-14(32-24)12-17-22(30)27(3)25(33)28(4)23(17)31/h5-11,13,17H,12H2,1-4H3. The molecule has 0 aliphatic carbocycles. The van der Waals surface area contributed by atoms with Crippen molar-refractivity contribution in [1.29, 1.82) is 0 Å². The van der Waals surface area contributed by atoms with Gasteiger partial charge in [0, 0.05) is 0 Å². The van der Waals surface area contributed by atoms with Crippen molar-refractivity contribution in [2.45, 2.75) is 25.7 Å². The summed E-state index contributed by atoms with van der Waals surface area (Å²) in [5.74, 6) is -1.02. The molecule has 1 saturated heterocycles. The summed E-state index contributed by atoms with van der Waals surface area (Å²) in [6, 6.07) is 17.3. The average Bonchev–Trinajstić information content (AvgIpc) is 3.38. The number of para-hydroxylation sites is 2. The van der Waals surface area contributed by atoms with Crippen LogP contribution in [-0.4, -0.2) is 60.5 Å². The number of carbonyl (C=O) groups excluding carboxylic acids is 2. The first kappa shape index (κ1) is 20.8. The maximum absolute atomic E-state index is 13.0. The first-order valence-corrected chi connectivity index (χ1v) is 12.6. The molecule has 2 aromatic heterocycles. The second kappa shape index (κ2) is 6.89. The molecule has 0 radical (unpaired) electrons. The number of amides is 2. The van der Waals surface area contributed by atoms with Crippen LogP contribution in [0.3, 0.4) is 0 Å². The molecule has 0 atom stereocenters. The van der Waals surface area contributed by atoms with Gasteiger partial charge >= 0.3 is 198 Å². The van der Waals surface area contributed by atoms with Crippen molar-refractivity contribution in [2.75, 3.05) is 14.1 Å². The van der Waals surface area contributed by atoms with Crippen LogP contribution in [0.15, 0.2) is 48.5 Å². The van der Waals surface area contributed by atoms with E-state index in [1.165, 1.54) is 37.9 Å². The molecule has 1 fully saturated rings. The van der Waals surface area contributed by atoms with Gasteiger partial charge in [-0.05, 0) is 0 Å². The van der Waals surface area contributed by atoms with Crippen molar-refractivity contribution in [1.82, 2.24) is 14.4 Å². The van der Waals surface area contributed by atoms with Crippen molar-refractivity contribution in [3.63, 3.8) is 0 Å². The Kier molecular flexibility index (Phi) is 4.35. The molecule has 166 valence electrons. The predicted octanol–water partition coefficient (Wildman–Crippen LogP) is 3.83. The fourth-order valence-corrected chi connectivity index (χ4v) is 7.14. The number of hydrogen-bond donors (Lipinski definition) is 0. The fourth-order valence-electron chi connectivity index (χ4n) is 5.39. The zero-order valence-corrected chi connectivity index (χ0v) is 21.4. The van der Waals surface area contributed by atoms with Crippen molar-refractivity contribution in [3.05, 3.63) is 64.5 Å². The van der Waals surface area contributed by atoms with Crippen molar-refractivity contribution in [2.24, 2.45) is 5.92 Å². The fraction of sp³-hybridized carbons (Fsp3) is 0.269. The van der Waals surface area contributed by atoms with E-state index >= 15 is 0 Å². The zero-order chi connectivity index (χ0) is 23.2. The van der Waals surface area contributed by atoms with Crippen LogP contribution >= 0.6 is 11.3 Å². The second-order valence-corrected chi connectivity index (χ2v) is 11.3. The molecule has 4 aromatic rings. The Hall–Kier alpha value is -2.73. The van der Waals surface area contributed by atoms with Crippen LogP contribution in [0.25, 0.3) is 26.8 Å². The Balaban J connectivity index is 1.54. The molecular weight excluding hydrogens is 497 g/mol. The summed E-state index contributed by atoms with van der Waals surface area (Å²) in [7, 11) is 3.43. The number of benzene rings is 2. The molecule has 0 saturated carbocycles. The molecule has 5 nitrogen and oxygen atoms in total. The third-order valence-electron chi connectivity index (χ3n) is 7.24. The molecule has 0 spiro atoms. The normalized spacial score (nSPS) is 18.0. The molecule has 0 unspecified atom stereocenters. The van der Waals surface area contributed by atoms with Gasteiger partial charge in [-0.2, -0.15) is 0 Å². The molecule has 0 N–H and O–H groups in total. The first-order valence-electron chi connectivity index (χ1n) is 11.0. The number of nitrogens with zero attached hydrogens (tertiary/aromatic N) is 3. The van der Waals surface area contributed by atoms with Crippen LogP contribution in [0.1, 0.15) is 29.9 Å². The number of carbonyl (C=O) groups is 2. The summed E-state index contributed by atoms with van der Waals surface area (Å²) in [5.41, 5.74) is 4.82. The summed E-state index contributed by atoms with van der Waals surface area (Å²) >= 11 is 4.54. The molecule has 4 heterocycles. The van der Waals surface area contributed by atoms with Crippen LogP contribution in [0.4, 0.5) is 0 Å². The average molecular weight is 521 g/mol. The van der Waals surface area contributed by atoms with Gasteiger partial charge < -0.3 is 0 Å². The molecule has 2 aliphatic rings. The van der Waals surface area contributed by atoms with E-state index in [-0.39, 0.29) is 17.2 Å². The third kappa shape index (κ3) is 2.67. The quantitative estimate of drug-likeness (QED) is 0.298. The van der Waals surface area contributed by atoms with E-state index in [9.17, 15) is 9.59 Å². The van der Waals surface area contributed by atoms with E-state index < -0.39 is 5.92 Å². The van der Waals surface area contributed by atoms with Gasteiger partial charge in [0.05, 0.1) is 0 Å².